The zero-order valence-corrected chi connectivity index (χ0v) is 15.4. The number of hydrogen-bond acceptors (Lipinski definition) is 10. The van der Waals surface area contributed by atoms with Crippen molar-refractivity contribution < 1.29 is 53.3 Å². The number of hydrogen-bond donors (Lipinski definition) is 8. The van der Waals surface area contributed by atoms with E-state index in [9.17, 15) is 18.9 Å². The minimum atomic E-state index is -4.59. The SMILES string of the molecule is C[C@@H](O)[C@H](N)C(=O)O.N[C@@H](CCOC(=O)[C@@H](N)CCOP(=O)(O)O)C(=O)O. The average Bonchev–Trinajstić information content (AvgIpc) is 2.52. The number of phosphoric acid groups is 1. The van der Waals surface area contributed by atoms with Gasteiger partial charge in [0.15, 0.2) is 0 Å². The van der Waals surface area contributed by atoms with Crippen LogP contribution >= 0.6 is 7.82 Å². The molecule has 160 valence electrons. The van der Waals surface area contributed by atoms with Crippen molar-refractivity contribution >= 4 is 25.7 Å². The molecular formula is C12H26N3O11P. The summed E-state index contributed by atoms with van der Waals surface area (Å²) < 4.78 is 19.1. The van der Waals surface area contributed by atoms with Crippen LogP contribution in [0.15, 0.2) is 0 Å². The van der Waals surface area contributed by atoms with Gasteiger partial charge in [-0.2, -0.15) is 0 Å². The number of carboxylic acids is 2. The topological polar surface area (TPSA) is 266 Å². The van der Waals surface area contributed by atoms with Crippen LogP contribution < -0.4 is 17.2 Å². The number of esters is 1. The predicted octanol–water partition coefficient (Wildman–Crippen LogP) is -3.06. The first-order valence-electron chi connectivity index (χ1n) is 7.46. The molecule has 0 amide bonds. The van der Waals surface area contributed by atoms with Gasteiger partial charge in [0.1, 0.15) is 18.1 Å². The van der Waals surface area contributed by atoms with Gasteiger partial charge < -0.3 is 47.0 Å². The summed E-state index contributed by atoms with van der Waals surface area (Å²) in [7, 11) is -4.59. The summed E-state index contributed by atoms with van der Waals surface area (Å²) in [5.74, 6) is -3.22. The van der Waals surface area contributed by atoms with Crippen molar-refractivity contribution in [3.8, 4) is 0 Å². The molecule has 0 aromatic heterocycles. The van der Waals surface area contributed by atoms with Gasteiger partial charge in [0.25, 0.3) is 0 Å². The lowest BCUT2D eigenvalue weighted by Crippen LogP contribution is -2.39. The second-order valence-electron chi connectivity index (χ2n) is 5.22. The largest absolute Gasteiger partial charge is 0.480 e. The number of aliphatic hydroxyl groups excluding tert-OH is 1. The lowest BCUT2D eigenvalue weighted by atomic mass is 10.2. The molecule has 0 bridgehead atoms. The van der Waals surface area contributed by atoms with E-state index in [0.29, 0.717) is 0 Å². The van der Waals surface area contributed by atoms with E-state index in [4.69, 9.17) is 42.3 Å². The van der Waals surface area contributed by atoms with Gasteiger partial charge >= 0.3 is 25.7 Å². The first-order valence-corrected chi connectivity index (χ1v) is 8.99. The number of rotatable bonds is 11. The lowest BCUT2D eigenvalue weighted by Gasteiger charge is -2.12. The zero-order valence-electron chi connectivity index (χ0n) is 14.5. The van der Waals surface area contributed by atoms with Crippen LogP contribution in [0.25, 0.3) is 0 Å². The third kappa shape index (κ3) is 16.3. The van der Waals surface area contributed by atoms with Gasteiger partial charge in [-0.05, 0) is 13.3 Å². The molecule has 0 spiro atoms. The van der Waals surface area contributed by atoms with Crippen molar-refractivity contribution in [3.05, 3.63) is 0 Å². The summed E-state index contributed by atoms with van der Waals surface area (Å²) in [4.78, 5) is 48.3. The molecule has 0 saturated carbocycles. The Hall–Kier alpha value is -1.64. The molecule has 0 aliphatic rings. The van der Waals surface area contributed by atoms with Crippen LogP contribution in [-0.4, -0.2) is 80.5 Å². The number of aliphatic hydroxyl groups is 1. The molecule has 4 atom stereocenters. The molecule has 27 heavy (non-hydrogen) atoms. The summed E-state index contributed by atoms with van der Waals surface area (Å²) in [6.45, 7) is 0.716. The fraction of sp³-hybridized carbons (Fsp3) is 0.750. The smallest absolute Gasteiger partial charge is 0.469 e. The normalized spacial score (nSPS) is 15.5. The van der Waals surface area contributed by atoms with Gasteiger partial charge in [-0.1, -0.05) is 0 Å². The summed E-state index contributed by atoms with van der Waals surface area (Å²) >= 11 is 0. The van der Waals surface area contributed by atoms with E-state index in [0.717, 1.165) is 0 Å². The Morgan fingerprint density at radius 2 is 1.44 bits per heavy atom. The van der Waals surface area contributed by atoms with E-state index in [1.165, 1.54) is 6.92 Å². The number of carboxylic acid groups (broad SMARTS) is 2. The molecule has 0 rings (SSSR count). The summed E-state index contributed by atoms with van der Waals surface area (Å²) in [6.07, 6.45) is -1.19. The monoisotopic (exact) mass is 419 g/mol. The Bertz CT molecular complexity index is 525. The van der Waals surface area contributed by atoms with Crippen molar-refractivity contribution in [1.29, 1.82) is 0 Å². The predicted molar refractivity (Wildman–Crippen MR) is 89.1 cm³/mol. The van der Waals surface area contributed by atoms with Gasteiger partial charge in [0.05, 0.1) is 19.3 Å². The molecule has 14 nitrogen and oxygen atoms in total. The molecule has 0 aromatic rings. The van der Waals surface area contributed by atoms with Crippen LogP contribution in [0.1, 0.15) is 19.8 Å². The number of aliphatic carboxylic acids is 2. The molecule has 0 heterocycles. The van der Waals surface area contributed by atoms with Crippen molar-refractivity contribution in [3.63, 3.8) is 0 Å². The van der Waals surface area contributed by atoms with Gasteiger partial charge in [-0.15, -0.1) is 0 Å². The van der Waals surface area contributed by atoms with Gasteiger partial charge in [-0.25, -0.2) is 4.57 Å². The lowest BCUT2D eigenvalue weighted by molar-refractivity contribution is -0.147. The first kappa shape index (κ1) is 27.6. The molecule has 0 aliphatic heterocycles. The highest BCUT2D eigenvalue weighted by Gasteiger charge is 2.20. The Balaban J connectivity index is 0. The van der Waals surface area contributed by atoms with E-state index < -0.39 is 56.6 Å². The van der Waals surface area contributed by atoms with E-state index >= 15 is 0 Å². The third-order valence-electron chi connectivity index (χ3n) is 2.79. The molecular weight excluding hydrogens is 393 g/mol. The maximum Gasteiger partial charge on any atom is 0.469 e. The standard InChI is InChI=1S/C8H17N2O8P.C4H9NO3/c9-5(7(11)12)1-3-17-8(13)6(10)2-4-18-19(14,15)16;1-2(6)3(5)4(7)8/h5-6H,1-4,9-10H2,(H,11,12)(H2,14,15,16);2-3,6H,5H2,1H3,(H,7,8)/t5-,6-;2-,3+/m01/s1. The Morgan fingerprint density at radius 3 is 1.78 bits per heavy atom. The van der Waals surface area contributed by atoms with Crippen LogP contribution in [0.3, 0.4) is 0 Å². The van der Waals surface area contributed by atoms with E-state index in [2.05, 4.69) is 9.26 Å². The molecule has 0 unspecified atom stereocenters. The number of nitrogens with two attached hydrogens (primary N) is 3. The van der Waals surface area contributed by atoms with Crippen molar-refractivity contribution in [2.45, 2.75) is 44.0 Å². The van der Waals surface area contributed by atoms with Crippen molar-refractivity contribution in [1.82, 2.24) is 0 Å². The highest BCUT2D eigenvalue weighted by Crippen LogP contribution is 2.35. The van der Waals surface area contributed by atoms with Crippen LogP contribution in [-0.2, 0) is 28.2 Å². The highest BCUT2D eigenvalue weighted by molar-refractivity contribution is 7.46. The number of ether oxygens (including phenoxy) is 1. The van der Waals surface area contributed by atoms with Crippen LogP contribution in [0, 0.1) is 0 Å². The summed E-state index contributed by atoms with van der Waals surface area (Å²) in [5.41, 5.74) is 15.5. The summed E-state index contributed by atoms with van der Waals surface area (Å²) in [5, 5.41) is 25.0. The minimum Gasteiger partial charge on any atom is -0.480 e. The summed E-state index contributed by atoms with van der Waals surface area (Å²) in [6, 6.07) is -3.41. The minimum absolute atomic E-state index is 0.0627. The fourth-order valence-electron chi connectivity index (χ4n) is 1.14. The van der Waals surface area contributed by atoms with E-state index in [1.54, 1.807) is 0 Å². The molecule has 15 heteroatoms. The Labute approximate surface area is 154 Å². The van der Waals surface area contributed by atoms with Gasteiger partial charge in [0.2, 0.25) is 0 Å². The molecule has 0 aromatic carbocycles. The second kappa shape index (κ2) is 13.5. The van der Waals surface area contributed by atoms with E-state index in [-0.39, 0.29) is 19.4 Å². The number of phosphoric ester groups is 1. The first-order chi connectivity index (χ1) is 12.2. The van der Waals surface area contributed by atoms with Crippen LogP contribution in [0.5, 0.6) is 0 Å². The molecule has 0 aliphatic carbocycles. The number of carbonyl (C=O) groups excluding carboxylic acids is 1. The van der Waals surface area contributed by atoms with Crippen molar-refractivity contribution in [2.75, 3.05) is 13.2 Å². The Morgan fingerprint density at radius 1 is 0.963 bits per heavy atom. The maximum absolute atomic E-state index is 11.3. The van der Waals surface area contributed by atoms with Gasteiger partial charge in [0, 0.05) is 6.42 Å². The molecule has 11 N–H and O–H groups in total. The third-order valence-corrected chi connectivity index (χ3v) is 3.31. The molecule has 0 saturated heterocycles. The van der Waals surface area contributed by atoms with Crippen LogP contribution in [0.4, 0.5) is 0 Å². The highest BCUT2D eigenvalue weighted by atomic mass is 31.2. The van der Waals surface area contributed by atoms with Crippen molar-refractivity contribution in [2.24, 2.45) is 17.2 Å². The molecule has 0 radical (unpaired) electrons. The molecule has 0 fully saturated rings. The number of carbonyl (C=O) groups is 3. The second-order valence-corrected chi connectivity index (χ2v) is 6.46. The zero-order chi connectivity index (χ0) is 21.8. The average molecular weight is 419 g/mol. The quantitative estimate of drug-likeness (QED) is 0.122. The van der Waals surface area contributed by atoms with E-state index in [1.807, 2.05) is 0 Å². The van der Waals surface area contributed by atoms with Gasteiger partial charge in [-0.3, -0.25) is 18.9 Å². The Kier molecular flexibility index (Phi) is 13.8. The van der Waals surface area contributed by atoms with Crippen LogP contribution in [0.2, 0.25) is 0 Å². The maximum atomic E-state index is 11.3. The fourth-order valence-corrected chi connectivity index (χ4v) is 1.48.